The van der Waals surface area contributed by atoms with Crippen molar-refractivity contribution in [3.63, 3.8) is 0 Å². The van der Waals surface area contributed by atoms with Crippen LogP contribution in [-0.4, -0.2) is 12.6 Å². The third kappa shape index (κ3) is 6.61. The Hall–Kier alpha value is -0.0400. The van der Waals surface area contributed by atoms with Crippen molar-refractivity contribution in [3.05, 3.63) is 0 Å². The molecule has 0 unspecified atom stereocenters. The molecule has 0 saturated heterocycles. The van der Waals surface area contributed by atoms with Gasteiger partial charge >= 0.3 is 0 Å². The smallest absolute Gasteiger partial charge is 0.00774 e. The van der Waals surface area contributed by atoms with E-state index in [0.717, 1.165) is 0 Å². The number of hydrogen-bond acceptors (Lipinski definition) is 1. The first-order valence-corrected chi connectivity index (χ1v) is 8.79. The van der Waals surface area contributed by atoms with Crippen LogP contribution < -0.4 is 5.32 Å². The lowest BCUT2D eigenvalue weighted by Gasteiger charge is -2.46. The Balaban J connectivity index is 2.44. The maximum atomic E-state index is 3.90. The molecule has 0 spiro atoms. The molecule has 1 fully saturated rings. The van der Waals surface area contributed by atoms with Crippen molar-refractivity contribution in [3.8, 4) is 0 Å². The molecule has 1 saturated carbocycles. The molecule has 0 aromatic heterocycles. The molecule has 1 heteroatoms. The molecular formula is C19H39N. The predicted octanol–water partition coefficient (Wildman–Crippen LogP) is 5.79. The molecule has 1 aliphatic rings. The van der Waals surface area contributed by atoms with Gasteiger partial charge in [0.1, 0.15) is 0 Å². The summed E-state index contributed by atoms with van der Waals surface area (Å²) in [6.07, 6.45) is 9.47. The second-order valence-corrected chi connectivity index (χ2v) is 9.61. The molecule has 20 heavy (non-hydrogen) atoms. The quantitative estimate of drug-likeness (QED) is 0.583. The Morgan fingerprint density at radius 3 is 2.05 bits per heavy atom. The van der Waals surface area contributed by atoms with E-state index in [1.807, 2.05) is 0 Å². The summed E-state index contributed by atoms with van der Waals surface area (Å²) >= 11 is 0. The third-order valence-corrected chi connectivity index (χ3v) is 4.88. The van der Waals surface area contributed by atoms with Gasteiger partial charge in [0.15, 0.2) is 0 Å². The van der Waals surface area contributed by atoms with Crippen LogP contribution in [0.5, 0.6) is 0 Å². The van der Waals surface area contributed by atoms with Crippen LogP contribution in [0.2, 0.25) is 0 Å². The van der Waals surface area contributed by atoms with Gasteiger partial charge in [-0.1, -0.05) is 67.7 Å². The number of unbranched alkanes of at least 4 members (excludes halogenated alkanes) is 2. The first-order chi connectivity index (χ1) is 9.05. The van der Waals surface area contributed by atoms with E-state index in [-0.39, 0.29) is 0 Å². The molecule has 0 aliphatic heterocycles. The lowest BCUT2D eigenvalue weighted by atomic mass is 9.63. The maximum Gasteiger partial charge on any atom is 0.00774 e. The highest BCUT2D eigenvalue weighted by atomic mass is 14.9. The van der Waals surface area contributed by atoms with Gasteiger partial charge in [-0.2, -0.15) is 0 Å². The van der Waals surface area contributed by atoms with E-state index in [4.69, 9.17) is 0 Å². The van der Waals surface area contributed by atoms with Crippen LogP contribution in [0.1, 0.15) is 93.4 Å². The average molecular weight is 282 g/mol. The molecule has 0 atom stereocenters. The molecule has 0 amide bonds. The number of hydrogen-bond donors (Lipinski definition) is 1. The first-order valence-electron chi connectivity index (χ1n) is 8.79. The summed E-state index contributed by atoms with van der Waals surface area (Å²) in [4.78, 5) is 0. The van der Waals surface area contributed by atoms with Crippen LogP contribution in [0.3, 0.4) is 0 Å². The van der Waals surface area contributed by atoms with Crippen molar-refractivity contribution in [2.75, 3.05) is 6.54 Å². The fourth-order valence-corrected chi connectivity index (χ4v) is 4.35. The maximum absolute atomic E-state index is 3.90. The zero-order chi connectivity index (χ0) is 15.4. The predicted molar refractivity (Wildman–Crippen MR) is 91.1 cm³/mol. The van der Waals surface area contributed by atoms with Gasteiger partial charge in [-0.3, -0.25) is 0 Å². The molecule has 0 radical (unpaired) electrons. The van der Waals surface area contributed by atoms with Gasteiger partial charge in [0, 0.05) is 12.6 Å². The van der Waals surface area contributed by atoms with Crippen LogP contribution >= 0.6 is 0 Å². The Morgan fingerprint density at radius 2 is 1.55 bits per heavy atom. The Labute approximate surface area is 128 Å². The van der Waals surface area contributed by atoms with E-state index < -0.39 is 0 Å². The zero-order valence-electron chi connectivity index (χ0n) is 15.2. The SMILES string of the molecule is CCCCCC(C)(C)CNC1CC(C)(C)CC(C)(C)C1. The Morgan fingerprint density at radius 1 is 1.00 bits per heavy atom. The van der Waals surface area contributed by atoms with Crippen molar-refractivity contribution in [2.24, 2.45) is 16.2 Å². The second kappa shape index (κ2) is 6.81. The molecule has 1 rings (SSSR count). The van der Waals surface area contributed by atoms with Crippen molar-refractivity contribution < 1.29 is 0 Å². The summed E-state index contributed by atoms with van der Waals surface area (Å²) in [5.74, 6) is 0. The van der Waals surface area contributed by atoms with Crippen molar-refractivity contribution in [1.29, 1.82) is 0 Å². The molecular weight excluding hydrogens is 242 g/mol. The van der Waals surface area contributed by atoms with E-state index in [9.17, 15) is 0 Å². The van der Waals surface area contributed by atoms with Crippen LogP contribution in [0, 0.1) is 16.2 Å². The molecule has 0 bridgehead atoms. The Bertz CT molecular complexity index is 272. The molecule has 120 valence electrons. The average Bonchev–Trinajstić information content (AvgIpc) is 2.22. The molecule has 1 nitrogen and oxygen atoms in total. The van der Waals surface area contributed by atoms with Crippen LogP contribution in [0.25, 0.3) is 0 Å². The second-order valence-electron chi connectivity index (χ2n) is 9.61. The largest absolute Gasteiger partial charge is 0.313 e. The summed E-state index contributed by atoms with van der Waals surface area (Å²) in [6.45, 7) is 18.1. The van der Waals surface area contributed by atoms with Gasteiger partial charge in [-0.25, -0.2) is 0 Å². The summed E-state index contributed by atoms with van der Waals surface area (Å²) < 4.78 is 0. The zero-order valence-corrected chi connectivity index (χ0v) is 15.2. The van der Waals surface area contributed by atoms with E-state index in [0.29, 0.717) is 22.3 Å². The Kier molecular flexibility index (Phi) is 6.14. The summed E-state index contributed by atoms with van der Waals surface area (Å²) in [7, 11) is 0. The summed E-state index contributed by atoms with van der Waals surface area (Å²) in [6, 6.07) is 0.708. The first kappa shape index (κ1) is 18.0. The van der Waals surface area contributed by atoms with Crippen molar-refractivity contribution in [2.45, 2.75) is 99.5 Å². The van der Waals surface area contributed by atoms with Crippen molar-refractivity contribution >= 4 is 0 Å². The highest BCUT2D eigenvalue weighted by molar-refractivity contribution is 4.92. The monoisotopic (exact) mass is 281 g/mol. The molecule has 0 heterocycles. The lowest BCUT2D eigenvalue weighted by Crippen LogP contribution is -2.46. The fraction of sp³-hybridized carbons (Fsp3) is 1.00. The van der Waals surface area contributed by atoms with E-state index in [1.165, 1.54) is 51.5 Å². The fourth-order valence-electron chi connectivity index (χ4n) is 4.35. The van der Waals surface area contributed by atoms with Gasteiger partial charge < -0.3 is 5.32 Å². The molecule has 1 N–H and O–H groups in total. The summed E-state index contributed by atoms with van der Waals surface area (Å²) in [5.41, 5.74) is 1.43. The highest BCUT2D eigenvalue weighted by Gasteiger charge is 2.38. The lowest BCUT2D eigenvalue weighted by molar-refractivity contribution is 0.0798. The minimum Gasteiger partial charge on any atom is -0.313 e. The molecule has 0 aromatic rings. The van der Waals surface area contributed by atoms with Gasteiger partial charge in [-0.05, 0) is 41.9 Å². The third-order valence-electron chi connectivity index (χ3n) is 4.88. The molecule has 1 aliphatic carbocycles. The van der Waals surface area contributed by atoms with Crippen LogP contribution in [0.4, 0.5) is 0 Å². The van der Waals surface area contributed by atoms with Gasteiger partial charge in [-0.15, -0.1) is 0 Å². The summed E-state index contributed by atoms with van der Waals surface area (Å²) in [5, 5.41) is 3.90. The van der Waals surface area contributed by atoms with Gasteiger partial charge in [0.25, 0.3) is 0 Å². The normalized spacial score (nSPS) is 22.9. The minimum atomic E-state index is 0.445. The van der Waals surface area contributed by atoms with Gasteiger partial charge in [0.2, 0.25) is 0 Å². The molecule has 0 aromatic carbocycles. The standard InChI is InChI=1S/C19H39N/c1-8-9-10-11-17(2,3)15-20-16-12-18(4,5)14-19(6,7)13-16/h16,20H,8-15H2,1-7H3. The van der Waals surface area contributed by atoms with Crippen LogP contribution in [0.15, 0.2) is 0 Å². The van der Waals surface area contributed by atoms with E-state index in [2.05, 4.69) is 53.8 Å². The number of rotatable bonds is 7. The van der Waals surface area contributed by atoms with E-state index >= 15 is 0 Å². The van der Waals surface area contributed by atoms with E-state index in [1.54, 1.807) is 0 Å². The van der Waals surface area contributed by atoms with Crippen LogP contribution in [-0.2, 0) is 0 Å². The number of nitrogens with one attached hydrogen (secondary N) is 1. The van der Waals surface area contributed by atoms with Gasteiger partial charge in [0.05, 0.1) is 0 Å². The van der Waals surface area contributed by atoms with Crippen molar-refractivity contribution in [1.82, 2.24) is 5.32 Å². The minimum absolute atomic E-state index is 0.445. The topological polar surface area (TPSA) is 12.0 Å². The highest BCUT2D eigenvalue weighted by Crippen LogP contribution is 2.45.